The Morgan fingerprint density at radius 3 is 2.50 bits per heavy atom. The lowest BCUT2D eigenvalue weighted by atomic mass is 10.0. The molecule has 3 aromatic rings. The van der Waals surface area contributed by atoms with Gasteiger partial charge in [-0.05, 0) is 29.6 Å². The number of anilines is 1. The summed E-state index contributed by atoms with van der Waals surface area (Å²) in [6.07, 6.45) is 0.277. The Kier molecular flexibility index (Phi) is 5.08. The summed E-state index contributed by atoms with van der Waals surface area (Å²) < 4.78 is 0. The SMILES string of the molecule is O=C(Cc1cccs1)Nc1ccc(Cl)cc1C(=O)c1ccccc1. The van der Waals surface area contributed by atoms with Gasteiger partial charge in [-0.2, -0.15) is 0 Å². The number of ketones is 1. The van der Waals surface area contributed by atoms with E-state index in [4.69, 9.17) is 11.6 Å². The van der Waals surface area contributed by atoms with E-state index in [1.54, 1.807) is 42.5 Å². The summed E-state index contributed by atoms with van der Waals surface area (Å²) in [5.41, 5.74) is 1.40. The quantitative estimate of drug-likeness (QED) is 0.667. The molecule has 1 N–H and O–H groups in total. The van der Waals surface area contributed by atoms with E-state index in [1.807, 2.05) is 23.6 Å². The minimum Gasteiger partial charge on any atom is -0.325 e. The first kappa shape index (κ1) is 16.4. The van der Waals surface area contributed by atoms with Crippen LogP contribution in [0.1, 0.15) is 20.8 Å². The van der Waals surface area contributed by atoms with Crippen LogP contribution in [0.5, 0.6) is 0 Å². The summed E-state index contributed by atoms with van der Waals surface area (Å²) in [6, 6.07) is 17.6. The summed E-state index contributed by atoms with van der Waals surface area (Å²) >= 11 is 7.56. The molecule has 24 heavy (non-hydrogen) atoms. The van der Waals surface area contributed by atoms with Crippen LogP contribution in [-0.4, -0.2) is 11.7 Å². The Balaban J connectivity index is 1.86. The second kappa shape index (κ2) is 7.43. The van der Waals surface area contributed by atoms with Gasteiger partial charge in [0.1, 0.15) is 0 Å². The standard InChI is InChI=1S/C19H14ClNO2S/c20-14-8-9-17(21-18(22)12-15-7-4-10-24-15)16(11-14)19(23)13-5-2-1-3-6-13/h1-11H,12H2,(H,21,22). The molecule has 1 heterocycles. The van der Waals surface area contributed by atoms with Crippen LogP contribution in [0.3, 0.4) is 0 Å². The smallest absolute Gasteiger partial charge is 0.229 e. The topological polar surface area (TPSA) is 46.2 Å². The van der Waals surface area contributed by atoms with E-state index in [2.05, 4.69) is 5.32 Å². The number of thiophene rings is 1. The zero-order valence-electron chi connectivity index (χ0n) is 12.7. The zero-order valence-corrected chi connectivity index (χ0v) is 14.2. The van der Waals surface area contributed by atoms with Gasteiger partial charge in [0.2, 0.25) is 5.91 Å². The molecule has 0 fully saturated rings. The fraction of sp³-hybridized carbons (Fsp3) is 0.0526. The largest absolute Gasteiger partial charge is 0.325 e. The highest BCUT2D eigenvalue weighted by atomic mass is 35.5. The maximum absolute atomic E-state index is 12.7. The second-order valence-electron chi connectivity index (χ2n) is 5.19. The molecule has 0 aliphatic heterocycles. The van der Waals surface area contributed by atoms with Crippen molar-refractivity contribution < 1.29 is 9.59 Å². The number of benzene rings is 2. The molecule has 2 aromatic carbocycles. The lowest BCUT2D eigenvalue weighted by Gasteiger charge is -2.11. The molecule has 3 nitrogen and oxygen atoms in total. The summed E-state index contributed by atoms with van der Waals surface area (Å²) in [6.45, 7) is 0. The molecule has 0 atom stereocenters. The Bertz CT molecular complexity index is 860. The molecular weight excluding hydrogens is 342 g/mol. The van der Waals surface area contributed by atoms with E-state index < -0.39 is 0 Å². The van der Waals surface area contributed by atoms with Gasteiger partial charge < -0.3 is 5.32 Å². The zero-order chi connectivity index (χ0) is 16.9. The van der Waals surface area contributed by atoms with E-state index >= 15 is 0 Å². The maximum atomic E-state index is 12.7. The van der Waals surface area contributed by atoms with E-state index in [0.717, 1.165) is 4.88 Å². The third-order valence-corrected chi connectivity index (χ3v) is 4.56. The van der Waals surface area contributed by atoms with Crippen LogP contribution in [0.15, 0.2) is 66.0 Å². The molecule has 3 rings (SSSR count). The monoisotopic (exact) mass is 355 g/mol. The minimum absolute atomic E-state index is 0.165. The number of hydrogen-bond donors (Lipinski definition) is 1. The van der Waals surface area contributed by atoms with Gasteiger partial charge in [-0.1, -0.05) is 48.0 Å². The molecule has 0 saturated carbocycles. The van der Waals surface area contributed by atoms with Crippen molar-refractivity contribution >= 4 is 40.3 Å². The van der Waals surface area contributed by atoms with Gasteiger partial charge in [-0.15, -0.1) is 11.3 Å². The van der Waals surface area contributed by atoms with Crippen molar-refractivity contribution in [1.82, 2.24) is 0 Å². The molecule has 0 aliphatic carbocycles. The lowest BCUT2D eigenvalue weighted by Crippen LogP contribution is -2.16. The minimum atomic E-state index is -0.176. The summed E-state index contributed by atoms with van der Waals surface area (Å²) in [5.74, 6) is -0.341. The van der Waals surface area contributed by atoms with Crippen molar-refractivity contribution in [3.63, 3.8) is 0 Å². The van der Waals surface area contributed by atoms with Crippen LogP contribution < -0.4 is 5.32 Å². The van der Waals surface area contributed by atoms with Crippen molar-refractivity contribution in [2.75, 3.05) is 5.32 Å². The third-order valence-electron chi connectivity index (χ3n) is 3.45. The molecule has 1 amide bonds. The molecule has 1 aromatic heterocycles. The highest BCUT2D eigenvalue weighted by molar-refractivity contribution is 7.10. The van der Waals surface area contributed by atoms with E-state index in [-0.39, 0.29) is 18.1 Å². The Morgan fingerprint density at radius 1 is 1.00 bits per heavy atom. The fourth-order valence-electron chi connectivity index (χ4n) is 2.32. The average Bonchev–Trinajstić information content (AvgIpc) is 3.09. The molecule has 0 spiro atoms. The van der Waals surface area contributed by atoms with Crippen molar-refractivity contribution in [2.45, 2.75) is 6.42 Å². The Labute approximate surface area is 148 Å². The number of carbonyl (C=O) groups is 2. The first-order valence-corrected chi connectivity index (χ1v) is 8.61. The molecule has 0 unspecified atom stereocenters. The number of rotatable bonds is 5. The van der Waals surface area contributed by atoms with Crippen molar-refractivity contribution in [2.24, 2.45) is 0 Å². The number of halogens is 1. The lowest BCUT2D eigenvalue weighted by molar-refractivity contribution is -0.115. The molecule has 0 radical (unpaired) electrons. The van der Waals surface area contributed by atoms with Crippen molar-refractivity contribution in [3.8, 4) is 0 Å². The second-order valence-corrected chi connectivity index (χ2v) is 6.66. The maximum Gasteiger partial charge on any atom is 0.229 e. The van der Waals surface area contributed by atoms with Crippen LogP contribution in [0, 0.1) is 0 Å². The molecule has 120 valence electrons. The van der Waals surface area contributed by atoms with Gasteiger partial charge in [0, 0.05) is 21.0 Å². The van der Waals surface area contributed by atoms with Gasteiger partial charge in [-0.3, -0.25) is 9.59 Å². The first-order chi connectivity index (χ1) is 11.6. The molecular formula is C19H14ClNO2S. The van der Waals surface area contributed by atoms with Crippen LogP contribution >= 0.6 is 22.9 Å². The van der Waals surface area contributed by atoms with Gasteiger partial charge in [0.05, 0.1) is 12.1 Å². The number of hydrogen-bond acceptors (Lipinski definition) is 3. The third kappa shape index (κ3) is 3.91. The number of nitrogens with one attached hydrogen (secondary N) is 1. The highest BCUT2D eigenvalue weighted by Crippen LogP contribution is 2.24. The highest BCUT2D eigenvalue weighted by Gasteiger charge is 2.16. The summed E-state index contributed by atoms with van der Waals surface area (Å²) in [4.78, 5) is 25.9. The average molecular weight is 356 g/mol. The molecule has 0 bridgehead atoms. The predicted molar refractivity (Wildman–Crippen MR) is 98.0 cm³/mol. The van der Waals surface area contributed by atoms with Gasteiger partial charge in [0.25, 0.3) is 0 Å². The summed E-state index contributed by atoms with van der Waals surface area (Å²) in [7, 11) is 0. The predicted octanol–water partition coefficient (Wildman–Crippen LogP) is 4.81. The normalized spacial score (nSPS) is 10.4. The van der Waals surface area contributed by atoms with Gasteiger partial charge >= 0.3 is 0 Å². The number of amides is 1. The van der Waals surface area contributed by atoms with Crippen molar-refractivity contribution in [1.29, 1.82) is 0 Å². The van der Waals surface area contributed by atoms with E-state index in [9.17, 15) is 9.59 Å². The van der Waals surface area contributed by atoms with Crippen LogP contribution in [-0.2, 0) is 11.2 Å². The first-order valence-electron chi connectivity index (χ1n) is 7.35. The molecule has 0 saturated heterocycles. The number of carbonyl (C=O) groups excluding carboxylic acids is 2. The van der Waals surface area contributed by atoms with Crippen molar-refractivity contribution in [3.05, 3.63) is 87.1 Å². The van der Waals surface area contributed by atoms with Crippen LogP contribution in [0.25, 0.3) is 0 Å². The van der Waals surface area contributed by atoms with E-state index in [1.165, 1.54) is 11.3 Å². The Hall–Kier alpha value is -2.43. The van der Waals surface area contributed by atoms with Crippen LogP contribution in [0.4, 0.5) is 5.69 Å². The van der Waals surface area contributed by atoms with E-state index in [0.29, 0.717) is 21.8 Å². The molecule has 0 aliphatic rings. The van der Waals surface area contributed by atoms with Crippen LogP contribution in [0.2, 0.25) is 5.02 Å². The Morgan fingerprint density at radius 2 is 1.79 bits per heavy atom. The summed E-state index contributed by atoms with van der Waals surface area (Å²) in [5, 5.41) is 5.19. The fourth-order valence-corrected chi connectivity index (χ4v) is 3.20. The van der Waals surface area contributed by atoms with Gasteiger partial charge in [-0.25, -0.2) is 0 Å². The van der Waals surface area contributed by atoms with Gasteiger partial charge in [0.15, 0.2) is 5.78 Å². The molecule has 5 heteroatoms.